The van der Waals surface area contributed by atoms with E-state index in [0.29, 0.717) is 6.04 Å². The number of piperazine rings is 1. The van der Waals surface area contributed by atoms with Gasteiger partial charge in [-0.1, -0.05) is 13.8 Å². The molecule has 0 amide bonds. The van der Waals surface area contributed by atoms with Gasteiger partial charge in [0.15, 0.2) is 0 Å². The van der Waals surface area contributed by atoms with E-state index in [1.54, 1.807) is 0 Å². The van der Waals surface area contributed by atoms with Gasteiger partial charge in [0.1, 0.15) is 0 Å². The van der Waals surface area contributed by atoms with Gasteiger partial charge >= 0.3 is 0 Å². The highest BCUT2D eigenvalue weighted by molar-refractivity contribution is 4.93. The van der Waals surface area contributed by atoms with Crippen LogP contribution in [0.15, 0.2) is 0 Å². The lowest BCUT2D eigenvalue weighted by atomic mass is 9.70. The molecule has 1 saturated carbocycles. The highest BCUT2D eigenvalue weighted by atomic mass is 15.2. The second-order valence-electron chi connectivity index (χ2n) is 4.99. The van der Waals surface area contributed by atoms with Crippen molar-refractivity contribution in [3.63, 3.8) is 0 Å². The van der Waals surface area contributed by atoms with E-state index in [1.807, 2.05) is 0 Å². The van der Waals surface area contributed by atoms with Crippen LogP contribution in [0.5, 0.6) is 0 Å². The molecule has 0 spiro atoms. The average molecular weight is 182 g/mol. The maximum atomic E-state index is 3.50. The van der Waals surface area contributed by atoms with Crippen molar-refractivity contribution < 1.29 is 0 Å². The van der Waals surface area contributed by atoms with Crippen LogP contribution in [0.4, 0.5) is 0 Å². The lowest BCUT2D eigenvalue weighted by molar-refractivity contribution is 0.00755. The molecule has 76 valence electrons. The Morgan fingerprint density at radius 1 is 1.23 bits per heavy atom. The summed E-state index contributed by atoms with van der Waals surface area (Å²) in [5.74, 6) is 1.88. The summed E-state index contributed by atoms with van der Waals surface area (Å²) in [7, 11) is 0. The highest BCUT2D eigenvalue weighted by Crippen LogP contribution is 2.37. The smallest absolute Gasteiger partial charge is 0.0167 e. The second kappa shape index (κ2) is 3.58. The molecule has 2 aliphatic rings. The predicted octanol–water partition coefficient (Wildman–Crippen LogP) is 1.32. The lowest BCUT2D eigenvalue weighted by Gasteiger charge is -2.50. The van der Waals surface area contributed by atoms with Gasteiger partial charge in [-0.25, -0.2) is 0 Å². The molecular formula is C11H22N2. The first-order valence-electron chi connectivity index (χ1n) is 5.66. The Labute approximate surface area is 81.7 Å². The molecule has 0 aromatic carbocycles. The van der Waals surface area contributed by atoms with E-state index in [-0.39, 0.29) is 0 Å². The van der Waals surface area contributed by atoms with Gasteiger partial charge in [0, 0.05) is 31.7 Å². The molecule has 2 nitrogen and oxygen atoms in total. The van der Waals surface area contributed by atoms with Crippen LogP contribution in [0.1, 0.15) is 27.2 Å². The normalized spacial score (nSPS) is 47.3. The summed E-state index contributed by atoms with van der Waals surface area (Å²) in [5.41, 5.74) is 0. The molecule has 13 heavy (non-hydrogen) atoms. The Morgan fingerprint density at radius 2 is 2.00 bits per heavy atom. The van der Waals surface area contributed by atoms with Gasteiger partial charge in [-0.3, -0.25) is 4.90 Å². The molecule has 1 heterocycles. The minimum absolute atomic E-state index is 0.692. The minimum Gasteiger partial charge on any atom is -0.312 e. The van der Waals surface area contributed by atoms with E-state index in [1.165, 1.54) is 26.1 Å². The van der Waals surface area contributed by atoms with Gasteiger partial charge in [0.25, 0.3) is 0 Å². The van der Waals surface area contributed by atoms with E-state index < -0.39 is 0 Å². The molecule has 4 atom stereocenters. The Bertz CT molecular complexity index is 181. The highest BCUT2D eigenvalue weighted by Gasteiger charge is 2.39. The van der Waals surface area contributed by atoms with Crippen molar-refractivity contribution in [3.8, 4) is 0 Å². The van der Waals surface area contributed by atoms with Crippen molar-refractivity contribution in [2.45, 2.75) is 39.3 Å². The molecule has 1 aliphatic carbocycles. The molecule has 4 unspecified atom stereocenters. The van der Waals surface area contributed by atoms with Crippen LogP contribution in [0, 0.1) is 11.8 Å². The maximum Gasteiger partial charge on any atom is 0.0167 e. The number of rotatable bonds is 1. The molecule has 1 aliphatic heterocycles. The summed E-state index contributed by atoms with van der Waals surface area (Å²) in [6.45, 7) is 10.8. The molecule has 1 N–H and O–H groups in total. The van der Waals surface area contributed by atoms with Gasteiger partial charge in [-0.05, 0) is 25.2 Å². The molecule has 0 radical (unpaired) electrons. The van der Waals surface area contributed by atoms with Gasteiger partial charge in [-0.15, -0.1) is 0 Å². The molecule has 1 saturated heterocycles. The zero-order valence-corrected chi connectivity index (χ0v) is 9.09. The molecule has 2 rings (SSSR count). The Kier molecular flexibility index (Phi) is 2.61. The fourth-order valence-electron chi connectivity index (χ4n) is 2.74. The first-order valence-corrected chi connectivity index (χ1v) is 5.66. The molecule has 2 heteroatoms. The van der Waals surface area contributed by atoms with Gasteiger partial charge < -0.3 is 5.32 Å². The fourth-order valence-corrected chi connectivity index (χ4v) is 2.74. The third-order valence-electron chi connectivity index (χ3n) is 3.99. The second-order valence-corrected chi connectivity index (χ2v) is 4.99. The van der Waals surface area contributed by atoms with Crippen molar-refractivity contribution >= 4 is 0 Å². The van der Waals surface area contributed by atoms with E-state index in [2.05, 4.69) is 31.0 Å². The predicted molar refractivity (Wildman–Crippen MR) is 55.8 cm³/mol. The number of nitrogens with one attached hydrogen (secondary N) is 1. The fraction of sp³-hybridized carbons (Fsp3) is 1.00. The van der Waals surface area contributed by atoms with Crippen LogP contribution in [0.3, 0.4) is 0 Å². The zero-order chi connectivity index (χ0) is 9.42. The summed E-state index contributed by atoms with van der Waals surface area (Å²) < 4.78 is 0. The summed E-state index contributed by atoms with van der Waals surface area (Å²) in [5, 5.41) is 3.50. The summed E-state index contributed by atoms with van der Waals surface area (Å²) >= 11 is 0. The van der Waals surface area contributed by atoms with Crippen LogP contribution in [0.2, 0.25) is 0 Å². The Balaban J connectivity index is 1.87. The van der Waals surface area contributed by atoms with Gasteiger partial charge in [-0.2, -0.15) is 0 Å². The number of hydrogen-bond donors (Lipinski definition) is 1. The molecule has 0 aromatic heterocycles. The van der Waals surface area contributed by atoms with Crippen molar-refractivity contribution in [2.24, 2.45) is 11.8 Å². The summed E-state index contributed by atoms with van der Waals surface area (Å²) in [6, 6.07) is 1.58. The van der Waals surface area contributed by atoms with Crippen molar-refractivity contribution in [1.82, 2.24) is 10.2 Å². The van der Waals surface area contributed by atoms with Crippen molar-refractivity contribution in [3.05, 3.63) is 0 Å². The Hall–Kier alpha value is -0.0800. The third-order valence-corrected chi connectivity index (χ3v) is 3.99. The monoisotopic (exact) mass is 182 g/mol. The molecule has 0 aromatic rings. The van der Waals surface area contributed by atoms with E-state index in [4.69, 9.17) is 0 Å². The molecule has 0 bridgehead atoms. The third kappa shape index (κ3) is 1.75. The van der Waals surface area contributed by atoms with Crippen molar-refractivity contribution in [1.29, 1.82) is 0 Å². The van der Waals surface area contributed by atoms with Crippen LogP contribution < -0.4 is 5.32 Å². The van der Waals surface area contributed by atoms with Gasteiger partial charge in [0.05, 0.1) is 0 Å². The van der Waals surface area contributed by atoms with Crippen LogP contribution >= 0.6 is 0 Å². The van der Waals surface area contributed by atoms with Crippen LogP contribution in [0.25, 0.3) is 0 Å². The van der Waals surface area contributed by atoms with E-state index >= 15 is 0 Å². The standard InChI is InChI=1S/C11H22N2/c1-8-6-11(10(8)3)13-5-4-12-9(2)7-13/h8-12H,4-7H2,1-3H3. The van der Waals surface area contributed by atoms with Crippen LogP contribution in [-0.2, 0) is 0 Å². The Morgan fingerprint density at radius 3 is 2.54 bits per heavy atom. The van der Waals surface area contributed by atoms with Crippen molar-refractivity contribution in [2.75, 3.05) is 19.6 Å². The van der Waals surface area contributed by atoms with E-state index in [9.17, 15) is 0 Å². The first kappa shape index (κ1) is 9.47. The zero-order valence-electron chi connectivity index (χ0n) is 9.09. The number of hydrogen-bond acceptors (Lipinski definition) is 2. The lowest BCUT2D eigenvalue weighted by Crippen LogP contribution is -2.58. The maximum absolute atomic E-state index is 3.50. The summed E-state index contributed by atoms with van der Waals surface area (Å²) in [4.78, 5) is 2.69. The average Bonchev–Trinajstić information content (AvgIpc) is 2.13. The van der Waals surface area contributed by atoms with Crippen LogP contribution in [-0.4, -0.2) is 36.6 Å². The molecule has 2 fully saturated rings. The SMILES string of the molecule is CC1CN(C2CC(C)C2C)CCN1. The van der Waals surface area contributed by atoms with Gasteiger partial charge in [0.2, 0.25) is 0 Å². The largest absolute Gasteiger partial charge is 0.312 e. The summed E-state index contributed by atoms with van der Waals surface area (Å²) in [6.07, 6.45) is 1.42. The molecular weight excluding hydrogens is 160 g/mol. The quantitative estimate of drug-likeness (QED) is 0.658. The van der Waals surface area contributed by atoms with E-state index in [0.717, 1.165) is 17.9 Å². The topological polar surface area (TPSA) is 15.3 Å². The minimum atomic E-state index is 0.692. The number of nitrogens with zero attached hydrogens (tertiary/aromatic N) is 1. The first-order chi connectivity index (χ1) is 6.18.